The zero-order valence-corrected chi connectivity index (χ0v) is 13.3. The summed E-state index contributed by atoms with van der Waals surface area (Å²) in [6, 6.07) is 8.97. The van der Waals surface area contributed by atoms with E-state index in [-0.39, 0.29) is 34.0 Å². The number of fused-ring (bicyclic) bond motifs is 2. The number of phenols is 2. The lowest BCUT2D eigenvalue weighted by Gasteiger charge is -2.18. The van der Waals surface area contributed by atoms with E-state index in [0.717, 1.165) is 0 Å². The fourth-order valence-corrected chi connectivity index (χ4v) is 2.60. The predicted octanol–water partition coefficient (Wildman–Crippen LogP) is 2.12. The summed E-state index contributed by atoms with van der Waals surface area (Å²) < 4.78 is 0. The molecule has 0 saturated heterocycles. The van der Waals surface area contributed by atoms with Crippen LogP contribution in [0.2, 0.25) is 0 Å². The molecule has 0 amide bonds. The van der Waals surface area contributed by atoms with Crippen molar-refractivity contribution in [2.45, 2.75) is 0 Å². The molecule has 6 heteroatoms. The molecule has 6 nitrogen and oxygen atoms in total. The fraction of sp³-hybridized carbons (Fsp3) is 0. The van der Waals surface area contributed by atoms with Crippen LogP contribution in [0, 0.1) is 0 Å². The molecule has 2 aromatic carbocycles. The van der Waals surface area contributed by atoms with Crippen LogP contribution in [0.25, 0.3) is 0 Å². The minimum Gasteiger partial charge on any atom is -0.504 e. The second kappa shape index (κ2) is 6.60. The Labute approximate surface area is 147 Å². The van der Waals surface area contributed by atoms with Crippen molar-refractivity contribution in [2.75, 3.05) is 0 Å². The molecule has 26 heavy (non-hydrogen) atoms. The highest BCUT2D eigenvalue weighted by atomic mass is 16.3. The molecule has 4 rings (SSSR count). The summed E-state index contributed by atoms with van der Waals surface area (Å²) in [4.78, 5) is 44.9. The van der Waals surface area contributed by atoms with Crippen LogP contribution in [0.1, 0.15) is 31.8 Å². The van der Waals surface area contributed by atoms with Crippen LogP contribution >= 0.6 is 0 Å². The van der Waals surface area contributed by atoms with Crippen molar-refractivity contribution in [1.82, 2.24) is 0 Å². The number of benzene rings is 2. The lowest BCUT2D eigenvalue weighted by atomic mass is 9.83. The van der Waals surface area contributed by atoms with Gasteiger partial charge in [0.2, 0.25) is 0 Å². The van der Waals surface area contributed by atoms with Crippen molar-refractivity contribution in [3.8, 4) is 11.5 Å². The quantitative estimate of drug-likeness (QED) is 0.476. The van der Waals surface area contributed by atoms with Gasteiger partial charge in [0.25, 0.3) is 0 Å². The molecule has 0 bridgehead atoms. The molecule has 2 N–H and O–H groups in total. The van der Waals surface area contributed by atoms with E-state index in [2.05, 4.69) is 0 Å². The Morgan fingerprint density at radius 3 is 1.62 bits per heavy atom. The monoisotopic (exact) mass is 348 g/mol. The molecule has 2 aliphatic carbocycles. The van der Waals surface area contributed by atoms with Gasteiger partial charge in [-0.3, -0.25) is 19.2 Å². The Bertz CT molecular complexity index is 989. The number of rotatable bonds is 0. The van der Waals surface area contributed by atoms with E-state index < -0.39 is 17.3 Å². The number of phenolic OH excluding ortho intramolecular Hbond substituents is 2. The summed E-state index contributed by atoms with van der Waals surface area (Å²) in [5.74, 6) is -1.96. The number of aromatic hydroxyl groups is 2. The molecule has 0 aromatic heterocycles. The molecule has 0 heterocycles. The first kappa shape index (κ1) is 17.0. The molecule has 0 saturated carbocycles. The molecule has 0 spiro atoms. The molecule has 0 unspecified atom stereocenters. The number of hydrogen-bond donors (Lipinski definition) is 2. The van der Waals surface area contributed by atoms with E-state index >= 15 is 0 Å². The van der Waals surface area contributed by atoms with E-state index in [4.69, 9.17) is 0 Å². The van der Waals surface area contributed by atoms with Crippen LogP contribution in [0.4, 0.5) is 0 Å². The van der Waals surface area contributed by atoms with Gasteiger partial charge in [-0.05, 0) is 36.4 Å². The van der Waals surface area contributed by atoms with Gasteiger partial charge in [-0.15, -0.1) is 0 Å². The maximum atomic E-state index is 12.2. The molecule has 0 fully saturated rings. The van der Waals surface area contributed by atoms with Gasteiger partial charge < -0.3 is 10.2 Å². The van der Waals surface area contributed by atoms with E-state index in [0.29, 0.717) is 5.56 Å². The Hall–Kier alpha value is -3.80. The molecule has 2 aromatic rings. The molecule has 0 radical (unpaired) electrons. The summed E-state index contributed by atoms with van der Waals surface area (Å²) in [7, 11) is 0. The van der Waals surface area contributed by atoms with Crippen LogP contribution in [0.5, 0.6) is 11.5 Å². The van der Waals surface area contributed by atoms with E-state index in [1.54, 1.807) is 18.2 Å². The first-order valence-corrected chi connectivity index (χ1v) is 7.57. The summed E-state index contributed by atoms with van der Waals surface area (Å²) in [6.45, 7) is 0. The highest BCUT2D eigenvalue weighted by Crippen LogP contribution is 2.37. The van der Waals surface area contributed by atoms with Crippen LogP contribution < -0.4 is 0 Å². The zero-order valence-electron chi connectivity index (χ0n) is 13.3. The highest BCUT2D eigenvalue weighted by Gasteiger charge is 2.32. The number of carbonyl (C=O) groups excluding carboxylic acids is 4. The summed E-state index contributed by atoms with van der Waals surface area (Å²) in [5, 5.41) is 19.1. The Kier molecular flexibility index (Phi) is 4.33. The smallest absolute Gasteiger partial charge is 0.198 e. The van der Waals surface area contributed by atoms with Gasteiger partial charge in [-0.25, -0.2) is 0 Å². The van der Waals surface area contributed by atoms with E-state index in [1.165, 1.54) is 42.5 Å². The van der Waals surface area contributed by atoms with Crippen molar-refractivity contribution in [2.24, 2.45) is 0 Å². The second-order valence-electron chi connectivity index (χ2n) is 5.53. The molecule has 128 valence electrons. The van der Waals surface area contributed by atoms with Crippen LogP contribution in [0.15, 0.2) is 60.7 Å². The number of allylic oxidation sites excluding steroid dienone is 4. The van der Waals surface area contributed by atoms with Crippen molar-refractivity contribution in [1.29, 1.82) is 0 Å². The van der Waals surface area contributed by atoms with E-state index in [1.807, 2.05) is 0 Å². The minimum atomic E-state index is -0.541. The predicted molar refractivity (Wildman–Crippen MR) is 91.4 cm³/mol. The molecule has 0 atom stereocenters. The summed E-state index contributed by atoms with van der Waals surface area (Å²) >= 11 is 0. The molecular weight excluding hydrogens is 336 g/mol. The summed E-state index contributed by atoms with van der Waals surface area (Å²) in [5.41, 5.74) is 0.559. The van der Waals surface area contributed by atoms with Crippen LogP contribution in [-0.2, 0) is 9.59 Å². The van der Waals surface area contributed by atoms with Crippen molar-refractivity contribution >= 4 is 23.1 Å². The zero-order chi connectivity index (χ0) is 18.8. The summed E-state index contributed by atoms with van der Waals surface area (Å²) in [6.07, 6.45) is 5.01. The Morgan fingerprint density at radius 2 is 1.08 bits per heavy atom. The molecular formula is C20H12O6. The average molecular weight is 348 g/mol. The standard InChI is InChI=1S/C14H8O4.C6H4O2/c15-10-6-5-9-11(14(10)18)13(17)8-4-2-1-3-7(8)12(9)16;7-5-1-2-6(8)4-3-5/h1-6,15,18H;1-4H. The third-order valence-corrected chi connectivity index (χ3v) is 3.87. The van der Waals surface area contributed by atoms with Crippen molar-refractivity contribution in [3.63, 3.8) is 0 Å². The van der Waals surface area contributed by atoms with Crippen molar-refractivity contribution < 1.29 is 29.4 Å². The fourth-order valence-electron chi connectivity index (χ4n) is 2.60. The first-order chi connectivity index (χ1) is 12.4. The Balaban J connectivity index is 0.000000206. The molecule has 0 aliphatic heterocycles. The lowest BCUT2D eigenvalue weighted by Crippen LogP contribution is -2.20. The topological polar surface area (TPSA) is 109 Å². The van der Waals surface area contributed by atoms with Gasteiger partial charge >= 0.3 is 0 Å². The molecule has 2 aliphatic rings. The maximum Gasteiger partial charge on any atom is 0.198 e. The van der Waals surface area contributed by atoms with Crippen LogP contribution in [0.3, 0.4) is 0 Å². The number of carbonyl (C=O) groups is 4. The Morgan fingerprint density at radius 1 is 0.577 bits per heavy atom. The number of ketones is 4. The third-order valence-electron chi connectivity index (χ3n) is 3.87. The van der Waals surface area contributed by atoms with Gasteiger partial charge in [0.15, 0.2) is 34.6 Å². The van der Waals surface area contributed by atoms with Gasteiger partial charge in [-0.1, -0.05) is 24.3 Å². The third kappa shape index (κ3) is 2.95. The van der Waals surface area contributed by atoms with Gasteiger partial charge in [0, 0.05) is 16.7 Å². The van der Waals surface area contributed by atoms with Gasteiger partial charge in [-0.2, -0.15) is 0 Å². The minimum absolute atomic E-state index is 0.119. The van der Waals surface area contributed by atoms with Gasteiger partial charge in [0.1, 0.15) is 0 Å². The largest absolute Gasteiger partial charge is 0.504 e. The van der Waals surface area contributed by atoms with Crippen molar-refractivity contribution in [3.05, 3.63) is 83.0 Å². The normalized spacial score (nSPS) is 14.5. The highest BCUT2D eigenvalue weighted by molar-refractivity contribution is 6.29. The van der Waals surface area contributed by atoms with E-state index in [9.17, 15) is 29.4 Å². The van der Waals surface area contributed by atoms with Gasteiger partial charge in [0.05, 0.1) is 5.56 Å². The average Bonchev–Trinajstić information content (AvgIpc) is 2.65. The lowest BCUT2D eigenvalue weighted by molar-refractivity contribution is -0.113. The number of hydrogen-bond acceptors (Lipinski definition) is 6. The van der Waals surface area contributed by atoms with Crippen LogP contribution in [-0.4, -0.2) is 33.3 Å². The second-order valence-corrected chi connectivity index (χ2v) is 5.53. The maximum absolute atomic E-state index is 12.2. The SMILES string of the molecule is O=C1C=CC(=O)C=C1.O=C1c2ccccc2C(=O)c2c1ccc(O)c2O. The first-order valence-electron chi connectivity index (χ1n) is 7.57.